The van der Waals surface area contributed by atoms with Crippen molar-refractivity contribution in [1.29, 1.82) is 0 Å². The largest absolute Gasteiger partial charge is 0.497 e. The maximum Gasteiger partial charge on any atom is 0.262 e. The van der Waals surface area contributed by atoms with E-state index < -0.39 is 0 Å². The van der Waals surface area contributed by atoms with E-state index in [0.717, 1.165) is 43.9 Å². The fourth-order valence-electron chi connectivity index (χ4n) is 4.39. The maximum absolute atomic E-state index is 12.8. The van der Waals surface area contributed by atoms with Crippen molar-refractivity contribution in [2.75, 3.05) is 38.2 Å². The molecule has 1 aliphatic rings. The Bertz CT molecular complexity index is 1390. The molecule has 0 atom stereocenters. The molecule has 166 valence electrons. The highest BCUT2D eigenvalue weighted by Crippen LogP contribution is 2.21. The lowest BCUT2D eigenvalue weighted by Crippen LogP contribution is -2.32. The van der Waals surface area contributed by atoms with E-state index in [0.29, 0.717) is 22.6 Å². The van der Waals surface area contributed by atoms with Gasteiger partial charge in [0.15, 0.2) is 0 Å². The molecule has 0 spiro atoms. The Kier molecular flexibility index (Phi) is 5.44. The second kappa shape index (κ2) is 8.40. The Morgan fingerprint density at radius 3 is 2.59 bits per heavy atom. The van der Waals surface area contributed by atoms with Gasteiger partial charge in [-0.2, -0.15) is 0 Å². The van der Waals surface area contributed by atoms with Gasteiger partial charge in [0.2, 0.25) is 10.5 Å². The van der Waals surface area contributed by atoms with Gasteiger partial charge >= 0.3 is 0 Å². The standard InChI is InChI=1S/C23H26N6O2S/c1-25-21(30)19-6-3-4-7-20(19)29-22(25)24-28(23(29)32)16-26-12-5-13-27(15-14-26)17-8-10-18(31-2)11-9-17/h3-4,6-11H,5,12-16H2,1-2H3. The summed E-state index contributed by atoms with van der Waals surface area (Å²) in [5.74, 6) is 1.43. The number of hydrogen-bond acceptors (Lipinski definition) is 6. The molecule has 8 nitrogen and oxygen atoms in total. The predicted molar refractivity (Wildman–Crippen MR) is 128 cm³/mol. The van der Waals surface area contributed by atoms with Gasteiger partial charge in [-0.25, -0.2) is 4.68 Å². The van der Waals surface area contributed by atoms with Gasteiger partial charge in [0.05, 0.1) is 24.7 Å². The number of rotatable bonds is 4. The predicted octanol–water partition coefficient (Wildman–Crippen LogP) is 2.90. The van der Waals surface area contributed by atoms with E-state index in [9.17, 15) is 4.79 Å². The van der Waals surface area contributed by atoms with Crippen molar-refractivity contribution in [3.8, 4) is 5.75 Å². The molecule has 32 heavy (non-hydrogen) atoms. The van der Waals surface area contributed by atoms with E-state index in [1.54, 1.807) is 18.7 Å². The lowest BCUT2D eigenvalue weighted by molar-refractivity contribution is 0.220. The fourth-order valence-corrected chi connectivity index (χ4v) is 4.67. The molecule has 0 aliphatic carbocycles. The highest BCUT2D eigenvalue weighted by atomic mass is 32.1. The lowest BCUT2D eigenvalue weighted by atomic mass is 10.2. The monoisotopic (exact) mass is 450 g/mol. The van der Waals surface area contributed by atoms with Crippen LogP contribution in [0.2, 0.25) is 0 Å². The first-order chi connectivity index (χ1) is 15.6. The molecule has 0 amide bonds. The van der Waals surface area contributed by atoms with Crippen molar-refractivity contribution in [3.05, 3.63) is 63.7 Å². The van der Waals surface area contributed by atoms with Crippen LogP contribution >= 0.6 is 12.2 Å². The zero-order chi connectivity index (χ0) is 22.2. The molecule has 1 aliphatic heterocycles. The average Bonchev–Trinajstić information content (AvgIpc) is 2.98. The molecule has 0 radical (unpaired) electrons. The van der Waals surface area contributed by atoms with Gasteiger partial charge in [-0.15, -0.1) is 5.10 Å². The third kappa shape index (κ3) is 3.57. The van der Waals surface area contributed by atoms with Crippen LogP contribution in [0.15, 0.2) is 53.3 Å². The van der Waals surface area contributed by atoms with Crippen molar-refractivity contribution in [3.63, 3.8) is 0 Å². The highest BCUT2D eigenvalue weighted by Gasteiger charge is 2.18. The zero-order valence-electron chi connectivity index (χ0n) is 18.3. The lowest BCUT2D eigenvalue weighted by Gasteiger charge is -2.23. The fraction of sp³-hybridized carbons (Fsp3) is 0.348. The summed E-state index contributed by atoms with van der Waals surface area (Å²) in [6.45, 7) is 4.38. The van der Waals surface area contributed by atoms with E-state index in [-0.39, 0.29) is 5.56 Å². The molecule has 5 rings (SSSR count). The third-order valence-corrected chi connectivity index (χ3v) is 6.56. The van der Waals surface area contributed by atoms with Crippen molar-refractivity contribution in [2.24, 2.45) is 7.05 Å². The summed E-state index contributed by atoms with van der Waals surface area (Å²) in [7, 11) is 3.43. The number of nitrogens with zero attached hydrogens (tertiary/aromatic N) is 6. The van der Waals surface area contributed by atoms with Crippen LogP contribution in [0.5, 0.6) is 5.75 Å². The number of aromatic nitrogens is 4. The number of fused-ring (bicyclic) bond motifs is 3. The molecule has 4 aromatic rings. The molecule has 0 unspecified atom stereocenters. The molecule has 3 heterocycles. The zero-order valence-corrected chi connectivity index (χ0v) is 19.1. The van der Waals surface area contributed by atoms with Crippen molar-refractivity contribution in [2.45, 2.75) is 13.1 Å². The van der Waals surface area contributed by atoms with Crippen LogP contribution in [-0.4, -0.2) is 56.9 Å². The molecule has 0 saturated carbocycles. The summed E-state index contributed by atoms with van der Waals surface area (Å²) in [6, 6.07) is 15.8. The second-order valence-electron chi connectivity index (χ2n) is 8.10. The van der Waals surface area contributed by atoms with Gasteiger partial charge in [-0.3, -0.25) is 18.7 Å². The molecule has 9 heteroatoms. The Morgan fingerprint density at radius 2 is 1.81 bits per heavy atom. The summed E-state index contributed by atoms with van der Waals surface area (Å²) >= 11 is 5.78. The van der Waals surface area contributed by atoms with Gasteiger partial charge in [-0.05, 0) is 55.0 Å². The first kappa shape index (κ1) is 20.7. The number of benzene rings is 2. The van der Waals surface area contributed by atoms with Crippen LogP contribution in [0.25, 0.3) is 16.7 Å². The highest BCUT2D eigenvalue weighted by molar-refractivity contribution is 7.71. The first-order valence-corrected chi connectivity index (χ1v) is 11.2. The van der Waals surface area contributed by atoms with Crippen LogP contribution in [0, 0.1) is 4.77 Å². The van der Waals surface area contributed by atoms with Crippen molar-refractivity contribution in [1.82, 2.24) is 23.6 Å². The third-order valence-electron chi connectivity index (χ3n) is 6.16. The van der Waals surface area contributed by atoms with Gasteiger partial charge in [0.1, 0.15) is 5.75 Å². The summed E-state index contributed by atoms with van der Waals surface area (Å²) < 4.78 is 11.2. The molecule has 2 aromatic heterocycles. The molecular formula is C23H26N6O2S. The number of hydrogen-bond donors (Lipinski definition) is 0. The Balaban J connectivity index is 1.40. The topological polar surface area (TPSA) is 59.9 Å². The minimum Gasteiger partial charge on any atom is -0.497 e. The van der Waals surface area contributed by atoms with E-state index in [1.165, 1.54) is 5.69 Å². The van der Waals surface area contributed by atoms with Crippen LogP contribution in [-0.2, 0) is 13.7 Å². The average molecular weight is 451 g/mol. The normalized spacial score (nSPS) is 15.4. The van der Waals surface area contributed by atoms with E-state index >= 15 is 0 Å². The van der Waals surface area contributed by atoms with Crippen LogP contribution in [0.1, 0.15) is 6.42 Å². The Morgan fingerprint density at radius 1 is 1.03 bits per heavy atom. The van der Waals surface area contributed by atoms with Gasteiger partial charge in [-0.1, -0.05) is 12.1 Å². The quantitative estimate of drug-likeness (QED) is 0.446. The molecule has 1 fully saturated rings. The number of para-hydroxylation sites is 1. The van der Waals surface area contributed by atoms with Gasteiger partial charge in [0, 0.05) is 38.9 Å². The van der Waals surface area contributed by atoms with Crippen LogP contribution < -0.4 is 15.2 Å². The van der Waals surface area contributed by atoms with Gasteiger partial charge in [0.25, 0.3) is 5.56 Å². The smallest absolute Gasteiger partial charge is 0.262 e. The van der Waals surface area contributed by atoms with Crippen molar-refractivity contribution >= 4 is 34.6 Å². The Hall–Kier alpha value is -3.17. The number of methoxy groups -OCH3 is 1. The number of aryl methyl sites for hydroxylation is 1. The summed E-state index contributed by atoms with van der Waals surface area (Å²) in [6.07, 6.45) is 1.05. The van der Waals surface area contributed by atoms with E-state index in [2.05, 4.69) is 21.9 Å². The molecule has 2 aromatic carbocycles. The Labute approximate surface area is 190 Å². The maximum atomic E-state index is 12.8. The van der Waals surface area contributed by atoms with Crippen molar-refractivity contribution < 1.29 is 4.74 Å². The van der Waals surface area contributed by atoms with E-state index in [4.69, 9.17) is 22.1 Å². The van der Waals surface area contributed by atoms with Crippen LogP contribution in [0.4, 0.5) is 5.69 Å². The van der Waals surface area contributed by atoms with Gasteiger partial charge < -0.3 is 9.64 Å². The first-order valence-electron chi connectivity index (χ1n) is 10.8. The van der Waals surface area contributed by atoms with E-state index in [1.807, 2.05) is 45.5 Å². The number of ether oxygens (including phenoxy) is 1. The molecule has 0 N–H and O–H groups in total. The minimum atomic E-state index is -0.0647. The molecule has 1 saturated heterocycles. The molecular weight excluding hydrogens is 424 g/mol. The van der Waals surface area contributed by atoms with Crippen LogP contribution in [0.3, 0.4) is 0 Å². The SMILES string of the molecule is COc1ccc(N2CCCN(Cn3nc4n(C)c(=O)c5ccccc5n4c3=S)CC2)cc1. The second-order valence-corrected chi connectivity index (χ2v) is 8.46. The summed E-state index contributed by atoms with van der Waals surface area (Å²) in [5, 5.41) is 5.35. The molecule has 0 bridgehead atoms. The number of anilines is 1. The minimum absolute atomic E-state index is 0.0647. The summed E-state index contributed by atoms with van der Waals surface area (Å²) in [4.78, 5) is 17.5. The summed E-state index contributed by atoms with van der Waals surface area (Å²) in [5.41, 5.74) is 1.94.